The Bertz CT molecular complexity index is 545. The van der Waals surface area contributed by atoms with Gasteiger partial charge in [0.1, 0.15) is 11.9 Å². The van der Waals surface area contributed by atoms with Crippen LogP contribution in [0.3, 0.4) is 0 Å². The molecule has 0 saturated heterocycles. The number of aliphatic hydroxyl groups excluding tert-OH is 1. The first-order valence-corrected chi connectivity index (χ1v) is 6.96. The lowest BCUT2D eigenvalue weighted by atomic mass is 10.1. The molecular formula is C17H21NO3. The summed E-state index contributed by atoms with van der Waals surface area (Å²) in [6.45, 7) is 1.90. The van der Waals surface area contributed by atoms with E-state index in [4.69, 9.17) is 9.57 Å². The molecule has 0 bridgehead atoms. The van der Waals surface area contributed by atoms with Crippen LogP contribution in [0.1, 0.15) is 30.2 Å². The average Bonchev–Trinajstić information content (AvgIpc) is 2.56. The van der Waals surface area contributed by atoms with Crippen LogP contribution in [0.25, 0.3) is 0 Å². The summed E-state index contributed by atoms with van der Waals surface area (Å²) in [6.07, 6.45) is -0.400. The van der Waals surface area contributed by atoms with Gasteiger partial charge >= 0.3 is 0 Å². The van der Waals surface area contributed by atoms with Crippen LogP contribution >= 0.6 is 0 Å². The zero-order valence-corrected chi connectivity index (χ0v) is 12.3. The third-order valence-electron chi connectivity index (χ3n) is 3.33. The second kappa shape index (κ2) is 7.78. The average molecular weight is 287 g/mol. The molecule has 0 aliphatic carbocycles. The molecule has 21 heavy (non-hydrogen) atoms. The second-order valence-electron chi connectivity index (χ2n) is 4.78. The lowest BCUT2D eigenvalue weighted by molar-refractivity contribution is -0.0670. The number of ether oxygens (including phenoxy) is 1. The van der Waals surface area contributed by atoms with Gasteiger partial charge in [-0.05, 0) is 18.6 Å². The van der Waals surface area contributed by atoms with Gasteiger partial charge < -0.3 is 9.84 Å². The first-order chi connectivity index (χ1) is 10.3. The quantitative estimate of drug-likeness (QED) is 0.769. The van der Waals surface area contributed by atoms with Crippen LogP contribution in [0.15, 0.2) is 54.6 Å². The first kappa shape index (κ1) is 15.5. The minimum Gasteiger partial charge on any atom is -0.496 e. The van der Waals surface area contributed by atoms with Gasteiger partial charge in [-0.3, -0.25) is 4.84 Å². The van der Waals surface area contributed by atoms with Gasteiger partial charge in [-0.25, -0.2) is 0 Å². The molecule has 4 nitrogen and oxygen atoms in total. The maximum atomic E-state index is 9.47. The zero-order valence-electron chi connectivity index (χ0n) is 12.3. The fourth-order valence-electron chi connectivity index (χ4n) is 2.15. The van der Waals surface area contributed by atoms with Crippen LogP contribution in [-0.4, -0.2) is 18.8 Å². The van der Waals surface area contributed by atoms with Gasteiger partial charge in [0.05, 0.1) is 19.8 Å². The zero-order chi connectivity index (χ0) is 15.1. The van der Waals surface area contributed by atoms with E-state index in [1.807, 2.05) is 61.5 Å². The molecular weight excluding hydrogens is 266 g/mol. The third-order valence-corrected chi connectivity index (χ3v) is 3.33. The van der Waals surface area contributed by atoms with Crippen molar-refractivity contribution in [3.8, 4) is 5.75 Å². The van der Waals surface area contributed by atoms with Crippen LogP contribution in [0.2, 0.25) is 0 Å². The van der Waals surface area contributed by atoms with E-state index in [1.54, 1.807) is 7.11 Å². The molecule has 0 aliphatic heterocycles. The van der Waals surface area contributed by atoms with Gasteiger partial charge in [0, 0.05) is 5.56 Å². The number of hydroxylamine groups is 1. The van der Waals surface area contributed by atoms with Crippen molar-refractivity contribution in [3.63, 3.8) is 0 Å². The number of hydrogen-bond acceptors (Lipinski definition) is 4. The lowest BCUT2D eigenvalue weighted by Gasteiger charge is -2.21. The molecule has 0 amide bonds. The van der Waals surface area contributed by atoms with Crippen molar-refractivity contribution >= 4 is 0 Å². The molecule has 0 aliphatic rings. The van der Waals surface area contributed by atoms with E-state index in [0.717, 1.165) is 16.9 Å². The molecule has 0 radical (unpaired) electrons. The van der Waals surface area contributed by atoms with Crippen molar-refractivity contribution in [1.29, 1.82) is 0 Å². The molecule has 2 rings (SSSR count). The summed E-state index contributed by atoms with van der Waals surface area (Å²) in [4.78, 5) is 5.64. The molecule has 0 saturated carbocycles. The normalized spacial score (nSPS) is 13.7. The molecule has 2 atom stereocenters. The van der Waals surface area contributed by atoms with Crippen molar-refractivity contribution in [3.05, 3.63) is 65.7 Å². The first-order valence-electron chi connectivity index (χ1n) is 6.96. The highest BCUT2D eigenvalue weighted by Crippen LogP contribution is 2.25. The maximum Gasteiger partial charge on any atom is 0.127 e. The van der Waals surface area contributed by atoms with Crippen molar-refractivity contribution in [2.45, 2.75) is 19.1 Å². The number of hydrogen-bond donors (Lipinski definition) is 2. The van der Waals surface area contributed by atoms with Gasteiger partial charge in [-0.2, -0.15) is 5.48 Å². The highest BCUT2D eigenvalue weighted by Gasteiger charge is 2.15. The number of benzene rings is 2. The molecule has 2 aromatic carbocycles. The van der Waals surface area contributed by atoms with Crippen molar-refractivity contribution < 1.29 is 14.7 Å². The summed E-state index contributed by atoms with van der Waals surface area (Å²) >= 11 is 0. The summed E-state index contributed by atoms with van der Waals surface area (Å²) < 4.78 is 5.34. The predicted octanol–water partition coefficient (Wildman–Crippen LogP) is 3.01. The largest absolute Gasteiger partial charge is 0.496 e. The number of para-hydroxylation sites is 1. The molecule has 2 aromatic rings. The van der Waals surface area contributed by atoms with Crippen molar-refractivity contribution in [1.82, 2.24) is 5.48 Å². The smallest absolute Gasteiger partial charge is 0.127 e. The second-order valence-corrected chi connectivity index (χ2v) is 4.78. The Morgan fingerprint density at radius 1 is 1.05 bits per heavy atom. The lowest BCUT2D eigenvalue weighted by Crippen LogP contribution is -2.24. The molecule has 4 heteroatoms. The van der Waals surface area contributed by atoms with E-state index < -0.39 is 6.10 Å². The molecule has 0 fully saturated rings. The number of methoxy groups -OCH3 is 1. The standard InChI is InChI=1S/C17H21NO3/c1-13(15-10-6-7-11-16(15)20-2)18-21-17(12-19)14-8-4-3-5-9-14/h3-11,13,17-19H,12H2,1-2H3/t13-,17+/m0/s1. The van der Waals surface area contributed by atoms with Crippen LogP contribution in [0, 0.1) is 0 Å². The molecule has 2 N–H and O–H groups in total. The topological polar surface area (TPSA) is 50.7 Å². The summed E-state index contributed by atoms with van der Waals surface area (Å²) in [6, 6.07) is 17.3. The van der Waals surface area contributed by atoms with Crippen molar-refractivity contribution in [2.75, 3.05) is 13.7 Å². The van der Waals surface area contributed by atoms with Crippen molar-refractivity contribution in [2.24, 2.45) is 0 Å². The monoisotopic (exact) mass is 287 g/mol. The van der Waals surface area contributed by atoms with Crippen LogP contribution in [0.4, 0.5) is 0 Å². The van der Waals surface area contributed by atoms with E-state index in [2.05, 4.69) is 5.48 Å². The Labute approximate surface area is 125 Å². The molecule has 0 spiro atoms. The van der Waals surface area contributed by atoms with Crippen LogP contribution in [0.5, 0.6) is 5.75 Å². The SMILES string of the molecule is COc1ccccc1[C@H](C)NO[C@H](CO)c1ccccc1. The van der Waals surface area contributed by atoms with Gasteiger partial charge in [-0.1, -0.05) is 48.5 Å². The molecule has 0 heterocycles. The molecule has 0 unspecified atom stereocenters. The number of nitrogens with one attached hydrogen (secondary N) is 1. The Kier molecular flexibility index (Phi) is 5.75. The van der Waals surface area contributed by atoms with E-state index in [9.17, 15) is 5.11 Å². The fourth-order valence-corrected chi connectivity index (χ4v) is 2.15. The van der Waals surface area contributed by atoms with Gasteiger partial charge in [0.15, 0.2) is 0 Å². The predicted molar refractivity (Wildman–Crippen MR) is 81.9 cm³/mol. The van der Waals surface area contributed by atoms with E-state index >= 15 is 0 Å². The molecule has 0 aromatic heterocycles. The highest BCUT2D eigenvalue weighted by atomic mass is 16.7. The van der Waals surface area contributed by atoms with Crippen LogP contribution < -0.4 is 10.2 Å². The van der Waals surface area contributed by atoms with Crippen LogP contribution in [-0.2, 0) is 4.84 Å². The summed E-state index contributed by atoms with van der Waals surface area (Å²) in [5.41, 5.74) is 4.92. The van der Waals surface area contributed by atoms with Gasteiger partial charge in [0.2, 0.25) is 0 Å². The summed E-state index contributed by atoms with van der Waals surface area (Å²) in [5, 5.41) is 9.47. The minimum absolute atomic E-state index is 0.0566. The van der Waals surface area contributed by atoms with E-state index in [0.29, 0.717) is 0 Å². The minimum atomic E-state index is -0.400. The maximum absolute atomic E-state index is 9.47. The third kappa shape index (κ3) is 4.04. The number of aliphatic hydroxyl groups is 1. The Morgan fingerprint density at radius 2 is 1.71 bits per heavy atom. The highest BCUT2D eigenvalue weighted by molar-refractivity contribution is 5.35. The number of rotatable bonds is 7. The summed E-state index contributed by atoms with van der Waals surface area (Å²) in [7, 11) is 1.65. The van der Waals surface area contributed by atoms with E-state index in [1.165, 1.54) is 0 Å². The van der Waals surface area contributed by atoms with Gasteiger partial charge in [0.25, 0.3) is 0 Å². The van der Waals surface area contributed by atoms with Gasteiger partial charge in [-0.15, -0.1) is 0 Å². The Hall–Kier alpha value is -1.88. The molecule has 112 valence electrons. The Balaban J connectivity index is 2.01. The van der Waals surface area contributed by atoms with E-state index in [-0.39, 0.29) is 12.6 Å². The fraction of sp³-hybridized carbons (Fsp3) is 0.294. The Morgan fingerprint density at radius 3 is 2.38 bits per heavy atom. The summed E-state index contributed by atoms with van der Waals surface area (Å²) in [5.74, 6) is 0.807.